The highest BCUT2D eigenvalue weighted by Gasteiger charge is 2.30. The number of nitrogens with zero attached hydrogens (tertiary/aromatic N) is 4. The maximum Gasteiger partial charge on any atom is 0.207 e. The second kappa shape index (κ2) is 8.14. The molecular formula is C22H19ClF3N5O. The Bertz CT molecular complexity index is 1290. The van der Waals surface area contributed by atoms with Crippen molar-refractivity contribution < 1.29 is 17.7 Å². The first-order valence-electron chi connectivity index (χ1n) is 10.1. The number of piperidine rings is 1. The molecule has 2 aromatic heterocycles. The van der Waals surface area contributed by atoms with Gasteiger partial charge in [0, 0.05) is 41.9 Å². The van der Waals surface area contributed by atoms with Gasteiger partial charge in [-0.15, -0.1) is 0 Å². The summed E-state index contributed by atoms with van der Waals surface area (Å²) in [6.45, 7) is 0.780. The Kier molecular flexibility index (Phi) is 5.30. The van der Waals surface area contributed by atoms with Crippen molar-refractivity contribution in [2.45, 2.75) is 25.2 Å². The Morgan fingerprint density at radius 1 is 1.16 bits per heavy atom. The smallest absolute Gasteiger partial charge is 0.207 e. The van der Waals surface area contributed by atoms with Gasteiger partial charge in [-0.05, 0) is 18.6 Å². The predicted octanol–water partition coefficient (Wildman–Crippen LogP) is 4.55. The van der Waals surface area contributed by atoms with Gasteiger partial charge in [0.25, 0.3) is 0 Å². The molecule has 1 aliphatic rings. The van der Waals surface area contributed by atoms with Crippen LogP contribution >= 0.6 is 11.6 Å². The van der Waals surface area contributed by atoms with E-state index >= 15 is 0 Å². The third kappa shape index (κ3) is 3.82. The van der Waals surface area contributed by atoms with Crippen LogP contribution in [-0.4, -0.2) is 40.0 Å². The number of rotatable bonds is 4. The molecule has 32 heavy (non-hydrogen) atoms. The van der Waals surface area contributed by atoms with Gasteiger partial charge in [0.2, 0.25) is 5.95 Å². The fraction of sp³-hybridized carbons (Fsp3) is 0.273. The summed E-state index contributed by atoms with van der Waals surface area (Å²) in [6.07, 6.45) is -0.859. The monoisotopic (exact) mass is 461 g/mol. The van der Waals surface area contributed by atoms with E-state index in [4.69, 9.17) is 21.9 Å². The maximum absolute atomic E-state index is 14.0. The molecule has 2 atom stereocenters. The van der Waals surface area contributed by atoms with E-state index in [1.165, 1.54) is 0 Å². The van der Waals surface area contributed by atoms with Crippen LogP contribution in [0.5, 0.6) is 0 Å². The first-order valence-corrected chi connectivity index (χ1v) is 10.5. The van der Waals surface area contributed by atoms with Crippen molar-refractivity contribution in [1.82, 2.24) is 14.7 Å². The van der Waals surface area contributed by atoms with Crippen LogP contribution in [0.15, 0.2) is 47.0 Å². The van der Waals surface area contributed by atoms with Crippen molar-refractivity contribution in [3.05, 3.63) is 64.9 Å². The zero-order valence-corrected chi connectivity index (χ0v) is 17.6. The summed E-state index contributed by atoms with van der Waals surface area (Å²) in [5.74, 6) is -1.06. The van der Waals surface area contributed by atoms with Gasteiger partial charge < -0.3 is 19.7 Å². The number of alkyl halides is 1. The number of hydrogen-bond acceptors (Lipinski definition) is 5. The van der Waals surface area contributed by atoms with E-state index < -0.39 is 23.8 Å². The molecule has 0 aliphatic carbocycles. The molecule has 3 heterocycles. The highest BCUT2D eigenvalue weighted by molar-refractivity contribution is 6.30. The Balaban J connectivity index is 1.54. The van der Waals surface area contributed by atoms with E-state index in [1.54, 1.807) is 22.8 Å². The molecule has 0 spiro atoms. The zero-order chi connectivity index (χ0) is 22.4. The fourth-order valence-electron chi connectivity index (χ4n) is 3.97. The van der Waals surface area contributed by atoms with Crippen LogP contribution in [0.25, 0.3) is 22.3 Å². The lowest BCUT2D eigenvalue weighted by Crippen LogP contribution is -2.50. The Morgan fingerprint density at radius 2 is 1.97 bits per heavy atom. The van der Waals surface area contributed by atoms with Crippen molar-refractivity contribution in [2.75, 3.05) is 18.0 Å². The first-order chi connectivity index (χ1) is 15.4. The molecule has 1 saturated heterocycles. The lowest BCUT2D eigenvalue weighted by atomic mass is 10.1. The minimum absolute atomic E-state index is 0.162. The molecule has 0 saturated carbocycles. The Hall–Kier alpha value is -3.04. The molecule has 5 rings (SSSR count). The van der Waals surface area contributed by atoms with Crippen LogP contribution in [0.3, 0.4) is 0 Å². The van der Waals surface area contributed by atoms with Crippen LogP contribution < -0.4 is 10.6 Å². The van der Waals surface area contributed by atoms with E-state index in [0.717, 1.165) is 17.7 Å². The second-order valence-corrected chi connectivity index (χ2v) is 8.29. The summed E-state index contributed by atoms with van der Waals surface area (Å²) < 4.78 is 49.0. The van der Waals surface area contributed by atoms with Gasteiger partial charge in [-0.1, -0.05) is 28.9 Å². The number of benzene rings is 2. The first kappa shape index (κ1) is 20.8. The third-order valence-electron chi connectivity index (χ3n) is 5.62. The van der Waals surface area contributed by atoms with E-state index in [2.05, 4.69) is 10.1 Å². The number of imidazole rings is 1. The SMILES string of the molecule is N[C@@H]1CN(c2nc3cc(F)c(F)cc3n2Cc2cc(-c3cccc(Cl)c3)no2)CC[C@H]1F. The Morgan fingerprint density at radius 3 is 2.75 bits per heavy atom. The van der Waals surface area contributed by atoms with Crippen LogP contribution in [0, 0.1) is 11.6 Å². The molecule has 0 bridgehead atoms. The number of anilines is 1. The van der Waals surface area contributed by atoms with E-state index in [-0.39, 0.29) is 25.0 Å². The number of nitrogens with two attached hydrogens (primary N) is 1. The molecule has 1 fully saturated rings. The summed E-state index contributed by atoms with van der Waals surface area (Å²) in [5, 5.41) is 4.67. The van der Waals surface area contributed by atoms with Gasteiger partial charge in [-0.25, -0.2) is 18.2 Å². The molecule has 0 amide bonds. The van der Waals surface area contributed by atoms with E-state index in [9.17, 15) is 13.2 Å². The largest absolute Gasteiger partial charge is 0.359 e. The molecule has 2 aromatic carbocycles. The summed E-state index contributed by atoms with van der Waals surface area (Å²) in [6, 6.07) is 10.4. The third-order valence-corrected chi connectivity index (χ3v) is 5.85. The van der Waals surface area contributed by atoms with Crippen LogP contribution in [0.1, 0.15) is 12.2 Å². The summed E-state index contributed by atoms with van der Waals surface area (Å²) in [4.78, 5) is 6.32. The fourth-order valence-corrected chi connectivity index (χ4v) is 4.16. The normalized spacial score (nSPS) is 19.1. The van der Waals surface area contributed by atoms with Crippen molar-refractivity contribution in [3.63, 3.8) is 0 Å². The van der Waals surface area contributed by atoms with Crippen LogP contribution in [0.2, 0.25) is 5.02 Å². The number of hydrogen-bond donors (Lipinski definition) is 1. The summed E-state index contributed by atoms with van der Waals surface area (Å²) >= 11 is 6.06. The summed E-state index contributed by atoms with van der Waals surface area (Å²) in [7, 11) is 0. The molecule has 0 radical (unpaired) electrons. The Labute approximate surface area is 186 Å². The molecule has 166 valence electrons. The lowest BCUT2D eigenvalue weighted by molar-refractivity contribution is 0.243. The standard InChI is InChI=1S/C22H19ClF3N5O/c23-13-3-1-2-12(6-13)19-7-14(32-29-19)10-31-21-9-17(26)16(25)8-20(21)28-22(31)30-5-4-15(24)18(27)11-30/h1-3,6-9,15,18H,4-5,10-11,27H2/t15-,18-/m1/s1. The quantitative estimate of drug-likeness (QED) is 0.483. The molecular weight excluding hydrogens is 443 g/mol. The van der Waals surface area contributed by atoms with Gasteiger partial charge in [-0.2, -0.15) is 0 Å². The average molecular weight is 462 g/mol. The van der Waals surface area contributed by atoms with Crippen molar-refractivity contribution in [2.24, 2.45) is 5.73 Å². The molecule has 1 aliphatic heterocycles. The summed E-state index contributed by atoms with van der Waals surface area (Å²) in [5.41, 5.74) is 7.96. The highest BCUT2D eigenvalue weighted by atomic mass is 35.5. The second-order valence-electron chi connectivity index (χ2n) is 7.86. The van der Waals surface area contributed by atoms with E-state index in [0.29, 0.717) is 34.5 Å². The predicted molar refractivity (Wildman–Crippen MR) is 115 cm³/mol. The molecule has 4 aromatic rings. The molecule has 0 unspecified atom stereocenters. The molecule has 6 nitrogen and oxygen atoms in total. The topological polar surface area (TPSA) is 73.1 Å². The van der Waals surface area contributed by atoms with Crippen LogP contribution in [-0.2, 0) is 6.54 Å². The van der Waals surface area contributed by atoms with Crippen molar-refractivity contribution >= 4 is 28.6 Å². The van der Waals surface area contributed by atoms with Crippen molar-refractivity contribution in [1.29, 1.82) is 0 Å². The molecule has 10 heteroatoms. The number of halogens is 4. The number of aromatic nitrogens is 3. The van der Waals surface area contributed by atoms with Gasteiger partial charge in [0.1, 0.15) is 11.9 Å². The van der Waals surface area contributed by atoms with Gasteiger partial charge in [-0.3, -0.25) is 0 Å². The minimum Gasteiger partial charge on any atom is -0.359 e. The van der Waals surface area contributed by atoms with Gasteiger partial charge >= 0.3 is 0 Å². The number of fused-ring (bicyclic) bond motifs is 1. The van der Waals surface area contributed by atoms with Gasteiger partial charge in [0.05, 0.1) is 23.6 Å². The van der Waals surface area contributed by atoms with Gasteiger partial charge in [0.15, 0.2) is 17.4 Å². The molecule has 2 N–H and O–H groups in total. The van der Waals surface area contributed by atoms with Crippen LogP contribution in [0.4, 0.5) is 19.1 Å². The minimum atomic E-state index is -1.10. The van der Waals surface area contributed by atoms with E-state index in [1.807, 2.05) is 17.0 Å². The zero-order valence-electron chi connectivity index (χ0n) is 16.8. The lowest BCUT2D eigenvalue weighted by Gasteiger charge is -2.34. The highest BCUT2D eigenvalue weighted by Crippen LogP contribution is 2.29. The maximum atomic E-state index is 14.0. The average Bonchev–Trinajstić information content (AvgIpc) is 3.36. The van der Waals surface area contributed by atoms with Crippen molar-refractivity contribution in [3.8, 4) is 11.3 Å².